The summed E-state index contributed by atoms with van der Waals surface area (Å²) in [6.45, 7) is 0. The average molecular weight is 373 g/mol. The van der Waals surface area contributed by atoms with E-state index in [0.717, 1.165) is 19.3 Å². The molecule has 0 saturated heterocycles. The van der Waals surface area contributed by atoms with Gasteiger partial charge in [-0.2, -0.15) is 0 Å². The van der Waals surface area contributed by atoms with Crippen molar-refractivity contribution in [3.05, 3.63) is 65.5 Å². The van der Waals surface area contributed by atoms with E-state index in [1.807, 2.05) is 12.1 Å². The van der Waals surface area contributed by atoms with Gasteiger partial charge in [0.05, 0.1) is 5.56 Å². The van der Waals surface area contributed by atoms with Crippen LogP contribution in [0.2, 0.25) is 0 Å². The van der Waals surface area contributed by atoms with E-state index < -0.39 is 5.60 Å². The highest BCUT2D eigenvalue weighted by molar-refractivity contribution is 7.43. The minimum absolute atomic E-state index is 0.0530. The quantitative estimate of drug-likeness (QED) is 0.316. The van der Waals surface area contributed by atoms with E-state index in [4.69, 9.17) is 4.74 Å². The van der Waals surface area contributed by atoms with Gasteiger partial charge in [0.15, 0.2) is 15.2 Å². The molecule has 0 amide bonds. The van der Waals surface area contributed by atoms with Crippen molar-refractivity contribution in [1.29, 1.82) is 0 Å². The molecule has 27 heavy (non-hydrogen) atoms. The monoisotopic (exact) mass is 373 g/mol. The molecule has 2 aromatic carbocycles. The first-order chi connectivity index (χ1) is 13.2. The van der Waals surface area contributed by atoms with Gasteiger partial charge in [-0.1, -0.05) is 24.0 Å². The van der Waals surface area contributed by atoms with Gasteiger partial charge >= 0.3 is 5.97 Å². The van der Waals surface area contributed by atoms with Crippen molar-refractivity contribution < 1.29 is 9.53 Å². The molecule has 1 heterocycles. The molecule has 2 saturated carbocycles. The maximum atomic E-state index is 12.6. The van der Waals surface area contributed by atoms with Gasteiger partial charge in [-0.05, 0) is 68.5 Å². The van der Waals surface area contributed by atoms with Gasteiger partial charge < -0.3 is 4.74 Å². The van der Waals surface area contributed by atoms with Crippen LogP contribution in [-0.2, 0) is 4.74 Å². The number of carbonyl (C=O) groups is 1. The Labute approximate surface area is 162 Å². The Balaban J connectivity index is 1.35. The second-order valence-corrected chi connectivity index (χ2v) is 9.34. The maximum absolute atomic E-state index is 12.6. The van der Waals surface area contributed by atoms with Crippen LogP contribution in [0.4, 0.5) is 0 Å². The average Bonchev–Trinajstić information content (AvgIpc) is 3.41. The van der Waals surface area contributed by atoms with Crippen molar-refractivity contribution in [2.45, 2.75) is 37.7 Å². The third-order valence-corrected chi connectivity index (χ3v) is 7.45. The molecule has 3 aromatic rings. The summed E-state index contributed by atoms with van der Waals surface area (Å²) in [6.07, 6.45) is 5.19. The van der Waals surface area contributed by atoms with Crippen LogP contribution in [0.3, 0.4) is 0 Å². The lowest BCUT2D eigenvalue weighted by Crippen LogP contribution is -2.40. The normalized spacial score (nSPS) is 18.3. The molecule has 5 rings (SSSR count). The molecule has 2 fully saturated rings. The number of thiophene rings is 1. The smallest absolute Gasteiger partial charge is 0.339 e. The van der Waals surface area contributed by atoms with Crippen molar-refractivity contribution >= 4 is 26.5 Å². The molecule has 134 valence electrons. The fraction of sp³-hybridized carbons (Fsp3) is 0.292. The Bertz CT molecular complexity index is 1060. The first-order valence-electron chi connectivity index (χ1n) is 9.59. The summed E-state index contributed by atoms with van der Waals surface area (Å²) in [4.78, 5) is 13.9. The van der Waals surface area contributed by atoms with E-state index in [0.29, 0.717) is 11.5 Å². The highest BCUT2D eigenvalue weighted by Gasteiger charge is 2.40. The first kappa shape index (κ1) is 16.6. The van der Waals surface area contributed by atoms with Crippen LogP contribution in [0.25, 0.3) is 15.0 Å². The summed E-state index contributed by atoms with van der Waals surface area (Å²) in [5.74, 6) is 6.82. The molecule has 2 nitrogen and oxygen atoms in total. The van der Waals surface area contributed by atoms with Crippen LogP contribution in [0, 0.1) is 17.8 Å². The largest absolute Gasteiger partial charge is 0.442 e. The summed E-state index contributed by atoms with van der Waals surface area (Å²) in [5.41, 5.74) is 0.0750. The Morgan fingerprint density at radius 2 is 1.81 bits per heavy atom. The molecule has 3 heteroatoms. The fourth-order valence-electron chi connectivity index (χ4n) is 3.42. The zero-order valence-corrected chi connectivity index (χ0v) is 15.9. The van der Waals surface area contributed by atoms with Crippen LogP contribution in [0.1, 0.15) is 42.5 Å². The van der Waals surface area contributed by atoms with E-state index in [2.05, 4.69) is 59.7 Å². The molecule has 0 aliphatic heterocycles. The lowest BCUT2D eigenvalue weighted by atomic mass is 9.80. The number of benzene rings is 2. The SMILES string of the molecule is O=C(OC1(C#CC2CC2)CCC1)c1ccc(-[s+]2ccc3ccccc32)cc1. The van der Waals surface area contributed by atoms with E-state index in [9.17, 15) is 4.79 Å². The van der Waals surface area contributed by atoms with Gasteiger partial charge in [0, 0.05) is 27.8 Å². The number of rotatable bonds is 3. The molecule has 1 aromatic heterocycles. The van der Waals surface area contributed by atoms with Crippen molar-refractivity contribution in [3.8, 4) is 16.7 Å². The van der Waals surface area contributed by atoms with Crippen molar-refractivity contribution in [2.24, 2.45) is 5.92 Å². The Morgan fingerprint density at radius 3 is 2.52 bits per heavy atom. The second kappa shape index (κ2) is 6.55. The fourth-order valence-corrected chi connectivity index (χ4v) is 5.31. The molecule has 0 radical (unpaired) electrons. The number of esters is 1. The molecule has 2 aliphatic rings. The summed E-state index contributed by atoms with van der Waals surface area (Å²) >= 11 is 0. The summed E-state index contributed by atoms with van der Waals surface area (Å²) in [5, 5.41) is 3.53. The van der Waals surface area contributed by atoms with Crippen molar-refractivity contribution in [3.63, 3.8) is 0 Å². The third-order valence-electron chi connectivity index (χ3n) is 5.41. The Kier molecular flexibility index (Phi) is 4.02. The number of carbonyl (C=O) groups excluding carboxylic acids is 1. The lowest BCUT2D eigenvalue weighted by molar-refractivity contribution is -0.0259. The van der Waals surface area contributed by atoms with E-state index in [1.54, 1.807) is 0 Å². The van der Waals surface area contributed by atoms with E-state index in [1.165, 1.54) is 27.8 Å². The van der Waals surface area contributed by atoms with Gasteiger partial charge in [0.1, 0.15) is 5.38 Å². The highest BCUT2D eigenvalue weighted by Crippen LogP contribution is 2.40. The van der Waals surface area contributed by atoms with E-state index >= 15 is 0 Å². The highest BCUT2D eigenvalue weighted by atomic mass is 32.2. The Morgan fingerprint density at radius 1 is 1.04 bits per heavy atom. The predicted octanol–water partition coefficient (Wildman–Crippen LogP) is 6.07. The molecule has 1 unspecified atom stereocenters. The minimum Gasteiger partial charge on any atom is -0.442 e. The van der Waals surface area contributed by atoms with E-state index in [-0.39, 0.29) is 16.4 Å². The predicted molar refractivity (Wildman–Crippen MR) is 110 cm³/mol. The van der Waals surface area contributed by atoms with Crippen molar-refractivity contribution in [2.75, 3.05) is 0 Å². The van der Waals surface area contributed by atoms with Gasteiger partial charge in [-0.25, -0.2) is 4.79 Å². The van der Waals surface area contributed by atoms with Gasteiger partial charge in [0.2, 0.25) is 0 Å². The van der Waals surface area contributed by atoms with Crippen LogP contribution in [-0.4, -0.2) is 11.6 Å². The molecule has 0 bridgehead atoms. The van der Waals surface area contributed by atoms with Gasteiger partial charge in [0.25, 0.3) is 0 Å². The van der Waals surface area contributed by atoms with Gasteiger partial charge in [-0.15, -0.1) is 0 Å². The molecule has 2 aliphatic carbocycles. The standard InChI is InChI=1S/C24H21O2S/c25-23(26-24(14-3-15-24)16-12-18-6-7-18)20-8-10-21(11-9-20)27-17-13-19-4-1-2-5-22(19)27/h1-2,4-5,8-11,13,17-18H,3,6-7,14-15H2/q+1. The summed E-state index contributed by atoms with van der Waals surface area (Å²) < 4.78 is 7.18. The summed E-state index contributed by atoms with van der Waals surface area (Å²) in [7, 11) is -0.0530. The van der Waals surface area contributed by atoms with Crippen molar-refractivity contribution in [1.82, 2.24) is 0 Å². The van der Waals surface area contributed by atoms with Gasteiger partial charge in [-0.3, -0.25) is 0 Å². The number of fused-ring (bicyclic) bond motifs is 1. The third kappa shape index (κ3) is 3.26. The molecular weight excluding hydrogens is 352 g/mol. The molecule has 1 atom stereocenters. The second-order valence-electron chi connectivity index (χ2n) is 7.48. The maximum Gasteiger partial charge on any atom is 0.339 e. The minimum atomic E-state index is -0.534. The zero-order valence-electron chi connectivity index (χ0n) is 15.1. The topological polar surface area (TPSA) is 26.3 Å². The molecular formula is C24H21O2S+. The van der Waals surface area contributed by atoms with Crippen LogP contribution >= 0.6 is 10.5 Å². The first-order valence-corrected chi connectivity index (χ1v) is 10.9. The number of hydrogen-bond donors (Lipinski definition) is 0. The van der Waals surface area contributed by atoms with Crippen LogP contribution < -0.4 is 0 Å². The molecule has 0 N–H and O–H groups in total. The lowest BCUT2D eigenvalue weighted by Gasteiger charge is -2.36. The van der Waals surface area contributed by atoms with Crippen LogP contribution in [0.5, 0.6) is 0 Å². The summed E-state index contributed by atoms with van der Waals surface area (Å²) in [6, 6.07) is 18.5. The number of ether oxygens (including phenoxy) is 1. The Hall–Kier alpha value is -2.57. The van der Waals surface area contributed by atoms with Crippen LogP contribution in [0.15, 0.2) is 60.0 Å². The zero-order chi connectivity index (χ0) is 18.3. The molecule has 0 spiro atoms. The number of hydrogen-bond acceptors (Lipinski definition) is 2.